The molecule has 0 aromatic heterocycles. The van der Waals surface area contributed by atoms with Crippen LogP contribution in [0.2, 0.25) is 0 Å². The highest BCUT2D eigenvalue weighted by atomic mass is 127. The maximum Gasteiger partial charge on any atom is 0.292 e. The first-order valence-electron chi connectivity index (χ1n) is 10.7. The summed E-state index contributed by atoms with van der Waals surface area (Å²) in [5, 5.41) is 0. The van der Waals surface area contributed by atoms with Crippen molar-refractivity contribution >= 4 is 36.9 Å². The summed E-state index contributed by atoms with van der Waals surface area (Å²) in [4.78, 5) is 8.95. The number of hydrogen-bond donors (Lipinski definition) is 0. The van der Waals surface area contributed by atoms with Gasteiger partial charge in [-0.25, -0.2) is 0 Å². The maximum absolute atomic E-state index is 8.95. The Labute approximate surface area is 194 Å². The molecule has 0 radical (unpaired) electrons. The van der Waals surface area contributed by atoms with Crippen molar-refractivity contribution in [1.82, 2.24) is 0 Å². The van der Waals surface area contributed by atoms with Gasteiger partial charge in [-0.05, 0) is 69.1 Å². The predicted molar refractivity (Wildman–Crippen MR) is 133 cm³/mol. The first kappa shape index (κ1) is 28.5. The van der Waals surface area contributed by atoms with Crippen molar-refractivity contribution in [2.24, 2.45) is 5.92 Å². The Morgan fingerprint density at radius 1 is 1.28 bits per heavy atom. The van der Waals surface area contributed by atoms with E-state index in [2.05, 4.69) is 58.0 Å². The molecule has 0 bridgehead atoms. The molecule has 2 rings (SSSR count). The Kier molecular flexibility index (Phi) is 19.2. The van der Waals surface area contributed by atoms with Crippen molar-refractivity contribution in [3.8, 4) is 0 Å². The van der Waals surface area contributed by atoms with Gasteiger partial charge in [0.2, 0.25) is 0 Å². The van der Waals surface area contributed by atoms with Gasteiger partial charge in [0.1, 0.15) is 5.76 Å². The molecule has 0 aromatic rings. The van der Waals surface area contributed by atoms with Crippen molar-refractivity contribution in [2.75, 3.05) is 13.7 Å². The molecule has 1 saturated carbocycles. The lowest BCUT2D eigenvalue weighted by molar-refractivity contribution is -0.126. The van der Waals surface area contributed by atoms with Crippen LogP contribution in [0, 0.1) is 5.92 Å². The summed E-state index contributed by atoms with van der Waals surface area (Å²) in [6, 6.07) is 0. The minimum Gasteiger partial charge on any atom is -0.491 e. The van der Waals surface area contributed by atoms with Crippen LogP contribution in [-0.4, -0.2) is 26.3 Å². The van der Waals surface area contributed by atoms with Gasteiger partial charge in [-0.2, -0.15) is 0 Å². The zero-order valence-electron chi connectivity index (χ0n) is 18.7. The van der Waals surface area contributed by atoms with Gasteiger partial charge in [-0.1, -0.05) is 45.3 Å². The topological polar surface area (TPSA) is 44.8 Å². The van der Waals surface area contributed by atoms with Crippen molar-refractivity contribution in [3.05, 3.63) is 35.1 Å². The summed E-state index contributed by atoms with van der Waals surface area (Å²) >= 11 is 2.16. The largest absolute Gasteiger partial charge is 0.491 e. The first-order chi connectivity index (χ1) is 14.1. The van der Waals surface area contributed by atoms with Crippen LogP contribution in [0.1, 0.15) is 79.1 Å². The molecule has 0 aliphatic heterocycles. The van der Waals surface area contributed by atoms with Gasteiger partial charge in [0, 0.05) is 21.2 Å². The Hall–Kier alpha value is -0.470. The number of ether oxygens (including phenoxy) is 2. The second kappa shape index (κ2) is 19.5. The molecule has 1 fully saturated rings. The number of allylic oxidation sites excluding steroid dienone is 5. The summed E-state index contributed by atoms with van der Waals surface area (Å²) in [6.45, 7) is 9.52. The normalized spacial score (nSPS) is 17.7. The Balaban J connectivity index is 0.00000116. The third kappa shape index (κ3) is 13.4. The quantitative estimate of drug-likeness (QED) is 0.130. The van der Waals surface area contributed by atoms with Crippen molar-refractivity contribution in [3.63, 3.8) is 0 Å². The van der Waals surface area contributed by atoms with E-state index in [4.69, 9.17) is 13.7 Å². The van der Waals surface area contributed by atoms with E-state index in [9.17, 15) is 0 Å². The van der Waals surface area contributed by atoms with Gasteiger partial charge in [0.05, 0.1) is 29.0 Å². The average Bonchev–Trinajstić information content (AvgIpc) is 2.94. The summed E-state index contributed by atoms with van der Waals surface area (Å²) in [5.74, 6) is 1.87. The van der Waals surface area contributed by atoms with Crippen LogP contribution in [0.5, 0.6) is 0 Å². The summed E-state index contributed by atoms with van der Waals surface area (Å²) < 4.78 is 15.6. The van der Waals surface area contributed by atoms with Gasteiger partial charge >= 0.3 is 0 Å². The number of carbonyl (C=O) groups excluding carboxylic acids is 1. The van der Waals surface area contributed by atoms with Crippen molar-refractivity contribution in [2.45, 2.75) is 85.2 Å². The zero-order chi connectivity index (χ0) is 21.9. The molecule has 0 saturated heterocycles. The predicted octanol–water partition coefficient (Wildman–Crippen LogP) is 7.74. The third-order valence-corrected chi connectivity index (χ3v) is 5.82. The minimum atomic E-state index is 0.244. The van der Waals surface area contributed by atoms with Crippen molar-refractivity contribution < 1.29 is 18.5 Å². The molecule has 1 unspecified atom stereocenters. The second-order valence-electron chi connectivity index (χ2n) is 7.01. The van der Waals surface area contributed by atoms with Gasteiger partial charge in [-0.3, -0.25) is 4.79 Å². The first-order valence-corrected chi connectivity index (χ1v) is 14.0. The molecular formula is C23H39IO4S. The monoisotopic (exact) mass is 538 g/mol. The summed E-state index contributed by atoms with van der Waals surface area (Å²) in [6.07, 6.45) is 17.0. The van der Waals surface area contributed by atoms with Gasteiger partial charge in [0.15, 0.2) is 0 Å². The molecule has 2 aliphatic carbocycles. The van der Waals surface area contributed by atoms with E-state index in [0.29, 0.717) is 6.47 Å². The highest BCUT2D eigenvalue weighted by Gasteiger charge is 2.22. The van der Waals surface area contributed by atoms with Crippen LogP contribution >= 0.6 is 30.4 Å². The highest BCUT2D eigenvalue weighted by molar-refractivity contribution is 14.2. The number of methoxy groups -OCH3 is 1. The molecule has 4 nitrogen and oxygen atoms in total. The molecule has 0 spiro atoms. The fourth-order valence-electron chi connectivity index (χ4n) is 3.49. The van der Waals surface area contributed by atoms with Gasteiger partial charge in [-0.15, -0.1) is 0 Å². The molecule has 0 aromatic carbocycles. The smallest absolute Gasteiger partial charge is 0.292 e. The maximum atomic E-state index is 8.95. The number of carbonyl (C=O) groups is 1. The standard InChI is InChI=1S/C19H29IO2S.C2H4O2.C2H6/c1-15-8-6-12-18(17-10-4-3-5-11-17)19(14-15)22-16(2)9-7-13-21-23-20;1-4-2-3;1-2/h6,8,14,16-17H,3-5,7,9-13H2,1-2H3;2H,1H3;1-2H3. The zero-order valence-corrected chi connectivity index (χ0v) is 21.7. The lowest BCUT2D eigenvalue weighted by Crippen LogP contribution is -2.15. The SMILES string of the molecule is CC.CC1=CC(OC(C)CCCOSI)=C(C2CCCCC2)CC=C1.COC=O. The van der Waals surface area contributed by atoms with E-state index >= 15 is 0 Å². The highest BCUT2D eigenvalue weighted by Crippen LogP contribution is 2.36. The molecule has 0 N–H and O–H groups in total. The summed E-state index contributed by atoms with van der Waals surface area (Å²) in [7, 11) is 2.73. The average molecular weight is 539 g/mol. The van der Waals surface area contributed by atoms with E-state index in [-0.39, 0.29) is 6.10 Å². The van der Waals surface area contributed by atoms with Crippen LogP contribution < -0.4 is 0 Å². The Morgan fingerprint density at radius 3 is 2.52 bits per heavy atom. The van der Waals surface area contributed by atoms with E-state index in [1.807, 2.05) is 13.8 Å². The van der Waals surface area contributed by atoms with Crippen LogP contribution in [-0.2, 0) is 18.5 Å². The van der Waals surface area contributed by atoms with E-state index in [1.165, 1.54) is 59.6 Å². The molecule has 0 amide bonds. The number of hydrogen-bond acceptors (Lipinski definition) is 5. The number of rotatable bonds is 9. The second-order valence-corrected chi connectivity index (χ2v) is 8.45. The molecular weight excluding hydrogens is 499 g/mol. The van der Waals surface area contributed by atoms with Crippen LogP contribution in [0.4, 0.5) is 0 Å². The Morgan fingerprint density at radius 2 is 1.93 bits per heavy atom. The minimum absolute atomic E-state index is 0.244. The van der Waals surface area contributed by atoms with Crippen molar-refractivity contribution in [1.29, 1.82) is 0 Å². The fourth-order valence-corrected chi connectivity index (χ4v) is 4.21. The fraction of sp³-hybridized carbons (Fsp3) is 0.696. The lowest BCUT2D eigenvalue weighted by atomic mass is 9.82. The van der Waals surface area contributed by atoms with Gasteiger partial charge < -0.3 is 13.7 Å². The molecule has 1 atom stereocenters. The van der Waals surface area contributed by atoms with Crippen LogP contribution in [0.3, 0.4) is 0 Å². The lowest BCUT2D eigenvalue weighted by Gasteiger charge is -2.27. The van der Waals surface area contributed by atoms with Gasteiger partial charge in [0.25, 0.3) is 6.47 Å². The molecule has 0 heterocycles. The van der Waals surface area contributed by atoms with Crippen LogP contribution in [0.25, 0.3) is 0 Å². The third-order valence-electron chi connectivity index (χ3n) is 4.80. The summed E-state index contributed by atoms with van der Waals surface area (Å²) in [5.41, 5.74) is 2.83. The van der Waals surface area contributed by atoms with Crippen LogP contribution in [0.15, 0.2) is 35.1 Å². The molecule has 2 aliphatic rings. The number of halogens is 1. The van der Waals surface area contributed by atoms with E-state index in [0.717, 1.165) is 37.5 Å². The molecule has 168 valence electrons. The molecule has 6 heteroatoms. The van der Waals surface area contributed by atoms with E-state index in [1.54, 1.807) is 0 Å². The molecule has 29 heavy (non-hydrogen) atoms. The van der Waals surface area contributed by atoms with E-state index < -0.39 is 0 Å². The Bertz CT molecular complexity index is 511.